The summed E-state index contributed by atoms with van der Waals surface area (Å²) in [6.07, 6.45) is -4.55. The molecule has 0 aliphatic heterocycles. The van der Waals surface area contributed by atoms with Crippen LogP contribution in [0.15, 0.2) is 127 Å². The molecule has 0 saturated carbocycles. The molecular formula is C49H36F3N3. The van der Waals surface area contributed by atoms with Gasteiger partial charge in [-0.15, -0.1) is 0 Å². The molecule has 0 bridgehead atoms. The van der Waals surface area contributed by atoms with Crippen LogP contribution in [0, 0.1) is 41.2 Å². The highest BCUT2D eigenvalue weighted by Crippen LogP contribution is 2.45. The Kier molecular flexibility index (Phi) is 7.77. The van der Waals surface area contributed by atoms with Gasteiger partial charge in [0.2, 0.25) is 0 Å². The van der Waals surface area contributed by atoms with Gasteiger partial charge in [-0.05, 0) is 130 Å². The predicted octanol–water partition coefficient (Wildman–Crippen LogP) is 14.3. The summed E-state index contributed by atoms with van der Waals surface area (Å²) < 4.78 is 48.5. The van der Waals surface area contributed by atoms with E-state index in [0.717, 1.165) is 94.4 Å². The Morgan fingerprint density at radius 3 is 1.45 bits per heavy atom. The lowest BCUT2D eigenvalue weighted by Crippen LogP contribution is -2.08. The molecule has 0 spiro atoms. The summed E-state index contributed by atoms with van der Waals surface area (Å²) in [6.45, 7) is 18.1. The number of aromatic nitrogens is 2. The molecule has 9 rings (SSSR count). The van der Waals surface area contributed by atoms with Crippen molar-refractivity contribution >= 4 is 49.3 Å². The van der Waals surface area contributed by atoms with E-state index in [2.05, 4.69) is 114 Å². The summed E-state index contributed by atoms with van der Waals surface area (Å²) in [6, 6.07) is 41.4. The minimum absolute atomic E-state index is 0.151. The minimum Gasteiger partial charge on any atom is -0.309 e. The van der Waals surface area contributed by atoms with Crippen molar-refractivity contribution in [3.63, 3.8) is 0 Å². The minimum atomic E-state index is -4.55. The molecule has 0 fully saturated rings. The zero-order chi connectivity index (χ0) is 38.3. The van der Waals surface area contributed by atoms with Crippen molar-refractivity contribution in [3.05, 3.63) is 172 Å². The lowest BCUT2D eigenvalue weighted by atomic mass is 9.91. The van der Waals surface area contributed by atoms with E-state index < -0.39 is 11.7 Å². The first kappa shape index (κ1) is 34.2. The number of halogens is 3. The fourth-order valence-electron chi connectivity index (χ4n) is 8.41. The van der Waals surface area contributed by atoms with E-state index in [1.165, 1.54) is 6.07 Å². The predicted molar refractivity (Wildman–Crippen MR) is 221 cm³/mol. The van der Waals surface area contributed by atoms with Crippen LogP contribution >= 0.6 is 0 Å². The van der Waals surface area contributed by atoms with Gasteiger partial charge >= 0.3 is 6.18 Å². The Bertz CT molecular complexity index is 2980. The zero-order valence-corrected chi connectivity index (χ0v) is 31.1. The summed E-state index contributed by atoms with van der Waals surface area (Å²) in [5, 5.41) is 4.37. The van der Waals surface area contributed by atoms with E-state index in [9.17, 15) is 13.2 Å². The molecule has 0 aliphatic carbocycles. The van der Waals surface area contributed by atoms with Gasteiger partial charge in [-0.3, -0.25) is 0 Å². The lowest BCUT2D eigenvalue weighted by molar-refractivity contribution is -0.137. The summed E-state index contributed by atoms with van der Waals surface area (Å²) >= 11 is 0. The zero-order valence-electron chi connectivity index (χ0n) is 31.1. The van der Waals surface area contributed by atoms with Gasteiger partial charge in [0.1, 0.15) is 0 Å². The second kappa shape index (κ2) is 12.5. The number of aryl methyl sites for hydroxylation is 5. The van der Waals surface area contributed by atoms with Crippen molar-refractivity contribution in [1.29, 1.82) is 0 Å². The molecule has 0 amide bonds. The van der Waals surface area contributed by atoms with E-state index in [1.54, 1.807) is 19.1 Å². The third-order valence-electron chi connectivity index (χ3n) is 10.9. The SMILES string of the molecule is [C-]#[N+]c1ccc(-n2c3ccc(C)cc3c3cc(C)ccc32)c(-c2ccc(-c3c(C)cccc3C(F)(F)F)cc2-n2c3ccc(C)cc3c3cc(C)ccc32)c1. The summed E-state index contributed by atoms with van der Waals surface area (Å²) in [5.74, 6) is 0. The Labute approximate surface area is 317 Å². The van der Waals surface area contributed by atoms with Crippen LogP contribution in [0.5, 0.6) is 0 Å². The smallest absolute Gasteiger partial charge is 0.309 e. The number of rotatable bonds is 4. The molecule has 0 radical (unpaired) electrons. The highest BCUT2D eigenvalue weighted by atomic mass is 19.4. The number of hydrogen-bond donors (Lipinski definition) is 0. The quantitative estimate of drug-likeness (QED) is 0.161. The summed E-state index contributed by atoms with van der Waals surface area (Å²) in [7, 11) is 0. The second-order valence-corrected chi connectivity index (χ2v) is 14.8. The first-order valence-corrected chi connectivity index (χ1v) is 18.3. The number of nitrogens with zero attached hydrogens (tertiary/aromatic N) is 3. The highest BCUT2D eigenvalue weighted by molar-refractivity contribution is 6.12. The normalized spacial score (nSPS) is 12.0. The fraction of sp³-hybridized carbons (Fsp3) is 0.122. The number of alkyl halides is 3. The van der Waals surface area contributed by atoms with Crippen LogP contribution in [-0.4, -0.2) is 9.13 Å². The monoisotopic (exact) mass is 723 g/mol. The van der Waals surface area contributed by atoms with Gasteiger partial charge < -0.3 is 9.13 Å². The molecule has 0 N–H and O–H groups in total. The molecule has 2 aromatic heterocycles. The standard InChI is InChI=1S/C49H36F3N3/c1-28-10-17-42-36(22-28)37-23-29(2)11-18-43(37)54(42)46-21-15-34(53-6)27-40(46)35-16-14-33(48-32(5)8-7-9-41(48)49(50,51)52)26-47(35)55-44-19-12-30(3)24-38(44)39-25-31(4)13-20-45(39)55/h7-27H,1-5H3. The average Bonchev–Trinajstić information content (AvgIpc) is 3.64. The lowest BCUT2D eigenvalue weighted by Gasteiger charge is -2.21. The van der Waals surface area contributed by atoms with Crippen molar-refractivity contribution < 1.29 is 13.2 Å². The average molecular weight is 724 g/mol. The Morgan fingerprint density at radius 2 is 0.982 bits per heavy atom. The highest BCUT2D eigenvalue weighted by Gasteiger charge is 2.34. The Hall–Kier alpha value is -6.58. The van der Waals surface area contributed by atoms with Gasteiger partial charge in [0.25, 0.3) is 0 Å². The van der Waals surface area contributed by atoms with Crippen molar-refractivity contribution in [2.75, 3.05) is 0 Å². The number of benzene rings is 7. The number of hydrogen-bond acceptors (Lipinski definition) is 0. The summed E-state index contributed by atoms with van der Waals surface area (Å²) in [5.41, 5.74) is 12.6. The van der Waals surface area contributed by atoms with Crippen LogP contribution in [0.2, 0.25) is 0 Å². The van der Waals surface area contributed by atoms with Crippen molar-refractivity contribution in [1.82, 2.24) is 9.13 Å². The molecule has 0 unspecified atom stereocenters. The van der Waals surface area contributed by atoms with E-state index in [-0.39, 0.29) is 5.56 Å². The van der Waals surface area contributed by atoms with Crippen molar-refractivity contribution in [2.45, 2.75) is 40.8 Å². The third kappa shape index (κ3) is 5.50. The van der Waals surface area contributed by atoms with Crippen molar-refractivity contribution in [2.24, 2.45) is 0 Å². The van der Waals surface area contributed by atoms with Gasteiger partial charge in [0.15, 0.2) is 5.69 Å². The first-order chi connectivity index (χ1) is 26.4. The van der Waals surface area contributed by atoms with Gasteiger partial charge in [-0.25, -0.2) is 4.85 Å². The Morgan fingerprint density at radius 1 is 0.491 bits per heavy atom. The molecule has 7 aromatic carbocycles. The molecule has 0 atom stereocenters. The van der Waals surface area contributed by atoms with Crippen molar-refractivity contribution in [3.8, 4) is 33.6 Å². The largest absolute Gasteiger partial charge is 0.417 e. The van der Waals surface area contributed by atoms with E-state index in [1.807, 2.05) is 30.3 Å². The molecule has 0 aliphatic rings. The molecule has 0 saturated heterocycles. The molecule has 3 nitrogen and oxygen atoms in total. The van der Waals surface area contributed by atoms with Crippen LogP contribution in [0.4, 0.5) is 18.9 Å². The maximum Gasteiger partial charge on any atom is 0.417 e. The maximum absolute atomic E-state index is 14.7. The molecule has 9 aromatic rings. The van der Waals surface area contributed by atoms with Crippen LogP contribution < -0.4 is 0 Å². The van der Waals surface area contributed by atoms with E-state index >= 15 is 0 Å². The maximum atomic E-state index is 14.7. The number of fused-ring (bicyclic) bond motifs is 6. The third-order valence-corrected chi connectivity index (χ3v) is 10.9. The second-order valence-electron chi connectivity index (χ2n) is 14.8. The molecule has 268 valence electrons. The van der Waals surface area contributed by atoms with E-state index in [4.69, 9.17) is 6.57 Å². The van der Waals surface area contributed by atoms with Crippen LogP contribution in [-0.2, 0) is 6.18 Å². The van der Waals surface area contributed by atoms with Gasteiger partial charge in [0.05, 0.1) is 45.6 Å². The first-order valence-electron chi connectivity index (χ1n) is 18.3. The molecule has 6 heteroatoms. The van der Waals surface area contributed by atoms with Gasteiger partial charge in [0, 0.05) is 27.1 Å². The molecular weight excluding hydrogens is 688 g/mol. The fourth-order valence-corrected chi connectivity index (χ4v) is 8.41. The molecule has 55 heavy (non-hydrogen) atoms. The molecule has 2 heterocycles. The van der Waals surface area contributed by atoms with Gasteiger partial charge in [-0.2, -0.15) is 13.2 Å². The Balaban J connectivity index is 1.44. The van der Waals surface area contributed by atoms with Crippen LogP contribution in [0.3, 0.4) is 0 Å². The summed E-state index contributed by atoms with van der Waals surface area (Å²) in [4.78, 5) is 3.86. The van der Waals surface area contributed by atoms with Crippen LogP contribution in [0.1, 0.15) is 33.4 Å². The van der Waals surface area contributed by atoms with Crippen LogP contribution in [0.25, 0.3) is 82.1 Å². The van der Waals surface area contributed by atoms with Gasteiger partial charge in [-0.1, -0.05) is 76.9 Å². The topological polar surface area (TPSA) is 14.2 Å². The van der Waals surface area contributed by atoms with E-state index in [0.29, 0.717) is 16.8 Å².